The van der Waals surface area contributed by atoms with Gasteiger partial charge in [-0.3, -0.25) is 0 Å². The average Bonchev–Trinajstić information content (AvgIpc) is 2.06. The molecule has 0 aliphatic carbocycles. The van der Waals surface area contributed by atoms with Gasteiger partial charge in [-0.05, 0) is 31.2 Å². The van der Waals surface area contributed by atoms with E-state index in [2.05, 4.69) is 0 Å². The van der Waals surface area contributed by atoms with Crippen molar-refractivity contribution in [2.75, 3.05) is 6.61 Å². The topological polar surface area (TPSA) is 46.5 Å². The van der Waals surface area contributed by atoms with Gasteiger partial charge in [-0.25, -0.2) is 4.21 Å². The molecule has 0 saturated heterocycles. The normalized spacial score (nSPS) is 11.5. The first-order valence-electron chi connectivity index (χ1n) is 3.57. The van der Waals surface area contributed by atoms with Gasteiger partial charge >= 0.3 is 51.4 Å². The number of ether oxygens (including phenoxy) is 1. The smallest absolute Gasteiger partial charge is 1.00 e. The van der Waals surface area contributed by atoms with Gasteiger partial charge in [0.1, 0.15) is 5.75 Å². The van der Waals surface area contributed by atoms with Gasteiger partial charge in [0.2, 0.25) is 0 Å². The van der Waals surface area contributed by atoms with Crippen molar-refractivity contribution in [3.63, 3.8) is 0 Å². The predicted octanol–water partition coefficient (Wildman–Crippen LogP) is -1.22. The molecule has 0 aliphatic heterocycles. The third-order valence-corrected chi connectivity index (χ3v) is 2.01. The maximum atomic E-state index is 10.5. The molecule has 0 aromatic heterocycles. The van der Waals surface area contributed by atoms with Crippen LogP contribution in [0.15, 0.2) is 29.2 Å². The van der Waals surface area contributed by atoms with Crippen molar-refractivity contribution in [1.29, 1.82) is 0 Å². The second-order valence-electron chi connectivity index (χ2n) is 2.15. The van der Waals surface area contributed by atoms with E-state index in [-0.39, 0.29) is 52.8 Å². The Labute approximate surface area is 124 Å². The first-order valence-corrected chi connectivity index (χ1v) is 4.68. The van der Waals surface area contributed by atoms with Crippen molar-refractivity contribution in [2.45, 2.75) is 11.8 Å². The van der Waals surface area contributed by atoms with E-state index in [0.29, 0.717) is 17.3 Å². The maximum Gasteiger partial charge on any atom is 1.00 e. The minimum atomic E-state index is -1.90. The molecule has 13 heavy (non-hydrogen) atoms. The first-order chi connectivity index (χ1) is 5.74. The minimum Gasteiger partial charge on any atom is -1.00 e. The molecule has 1 unspecified atom stereocenters. The minimum absolute atomic E-state index is 0. The first kappa shape index (κ1) is 13.8. The van der Waals surface area contributed by atoms with Gasteiger partial charge in [-0.2, -0.15) is 0 Å². The van der Waals surface area contributed by atoms with Gasteiger partial charge in [-0.15, -0.1) is 0 Å². The average molecular weight is 226 g/mol. The zero-order valence-corrected chi connectivity index (χ0v) is 11.6. The summed E-state index contributed by atoms with van der Waals surface area (Å²) in [6.07, 6.45) is 0. The van der Waals surface area contributed by atoms with Crippen molar-refractivity contribution in [1.82, 2.24) is 0 Å². The maximum absolute atomic E-state index is 10.5. The largest absolute Gasteiger partial charge is 1.00 e. The van der Waals surface area contributed by atoms with Gasteiger partial charge in [0, 0.05) is 0 Å². The van der Waals surface area contributed by atoms with E-state index in [0.717, 1.165) is 0 Å². The summed E-state index contributed by atoms with van der Waals surface area (Å²) in [4.78, 5) is 0.387. The van der Waals surface area contributed by atoms with Crippen LogP contribution >= 0.6 is 0 Å². The molecule has 1 aromatic rings. The molecular weight excluding hydrogens is 215 g/mol. The second-order valence-corrected chi connectivity index (χ2v) is 3.12. The standard InChI is InChI=1S/C8H10O3S.K.H/c1-2-11-7-3-5-8(6-4-7)12(9)10;;/h3-6H,2H2,1H3,(H,9,10);;/q;+1;-1. The van der Waals surface area contributed by atoms with Crippen molar-refractivity contribution in [3.05, 3.63) is 24.3 Å². The molecule has 0 spiro atoms. The van der Waals surface area contributed by atoms with E-state index in [4.69, 9.17) is 9.29 Å². The zero-order valence-electron chi connectivity index (χ0n) is 8.69. The molecule has 68 valence electrons. The van der Waals surface area contributed by atoms with E-state index < -0.39 is 11.1 Å². The number of hydrogen-bond acceptors (Lipinski definition) is 2. The molecule has 0 radical (unpaired) electrons. The second kappa shape index (κ2) is 7.11. The predicted molar refractivity (Wildman–Crippen MR) is 47.8 cm³/mol. The van der Waals surface area contributed by atoms with Crippen LogP contribution in [-0.4, -0.2) is 15.4 Å². The summed E-state index contributed by atoms with van der Waals surface area (Å²) in [6.45, 7) is 2.49. The fourth-order valence-electron chi connectivity index (χ4n) is 0.819. The van der Waals surface area contributed by atoms with Gasteiger partial charge in [0.05, 0.1) is 11.5 Å². The Balaban J connectivity index is 0. The molecule has 1 atom stereocenters. The Bertz CT molecular complexity index is 278. The molecule has 1 N–H and O–H groups in total. The van der Waals surface area contributed by atoms with Crippen LogP contribution in [0.1, 0.15) is 8.35 Å². The fourth-order valence-corrected chi connectivity index (χ4v) is 1.19. The summed E-state index contributed by atoms with van der Waals surface area (Å²) < 4.78 is 24.4. The van der Waals surface area contributed by atoms with E-state index >= 15 is 0 Å². The quantitative estimate of drug-likeness (QED) is 0.519. The third kappa shape index (κ3) is 4.69. The fraction of sp³-hybridized carbons (Fsp3) is 0.250. The van der Waals surface area contributed by atoms with Crippen molar-refractivity contribution in [3.8, 4) is 5.75 Å². The van der Waals surface area contributed by atoms with Crippen LogP contribution in [0.5, 0.6) is 5.75 Å². The van der Waals surface area contributed by atoms with Crippen LogP contribution in [0.25, 0.3) is 0 Å². The van der Waals surface area contributed by atoms with Crippen LogP contribution in [0.2, 0.25) is 0 Å². The summed E-state index contributed by atoms with van der Waals surface area (Å²) in [5.41, 5.74) is 0. The van der Waals surface area contributed by atoms with Crippen molar-refractivity contribution < 1.29 is 66.3 Å². The Morgan fingerprint density at radius 2 is 2.00 bits per heavy atom. The van der Waals surface area contributed by atoms with Gasteiger partial charge in [0.25, 0.3) is 0 Å². The summed E-state index contributed by atoms with van der Waals surface area (Å²) in [5, 5.41) is 0. The molecule has 1 aromatic carbocycles. The van der Waals surface area contributed by atoms with Crippen LogP contribution in [0, 0.1) is 0 Å². The number of hydrogen-bond donors (Lipinski definition) is 1. The van der Waals surface area contributed by atoms with E-state index in [1.165, 1.54) is 0 Å². The third-order valence-electron chi connectivity index (χ3n) is 1.34. The van der Waals surface area contributed by atoms with Crippen LogP contribution in [-0.2, 0) is 11.1 Å². The van der Waals surface area contributed by atoms with Crippen molar-refractivity contribution in [2.24, 2.45) is 0 Å². The number of benzene rings is 1. The van der Waals surface area contributed by atoms with E-state index in [1.807, 2.05) is 6.92 Å². The summed E-state index contributed by atoms with van der Waals surface area (Å²) in [7, 11) is 0. The molecule has 0 bridgehead atoms. The number of rotatable bonds is 3. The Morgan fingerprint density at radius 3 is 2.38 bits per heavy atom. The molecule has 1 rings (SSSR count). The molecule has 0 fully saturated rings. The monoisotopic (exact) mass is 226 g/mol. The summed E-state index contributed by atoms with van der Waals surface area (Å²) in [5.74, 6) is 0.715. The molecular formula is C8H11KO3S. The van der Waals surface area contributed by atoms with Gasteiger partial charge in [0.15, 0.2) is 11.1 Å². The molecule has 0 amide bonds. The van der Waals surface area contributed by atoms with Crippen molar-refractivity contribution >= 4 is 11.1 Å². The molecule has 5 heteroatoms. The van der Waals surface area contributed by atoms with Crippen LogP contribution in [0.4, 0.5) is 0 Å². The Kier molecular flexibility index (Phi) is 7.53. The Hall–Kier alpha value is 0.766. The summed E-state index contributed by atoms with van der Waals surface area (Å²) in [6, 6.07) is 6.49. The molecule has 0 heterocycles. The SMILES string of the molecule is CCOc1ccc(S(=O)O)cc1.[H-].[K+]. The Morgan fingerprint density at radius 1 is 1.46 bits per heavy atom. The van der Waals surface area contributed by atoms with Crippen LogP contribution in [0.3, 0.4) is 0 Å². The molecule has 0 saturated carbocycles. The zero-order chi connectivity index (χ0) is 8.97. The molecule has 3 nitrogen and oxygen atoms in total. The molecule has 0 aliphatic rings. The van der Waals surface area contributed by atoms with Gasteiger partial charge < -0.3 is 10.7 Å². The summed E-state index contributed by atoms with van der Waals surface area (Å²) >= 11 is -1.90. The van der Waals surface area contributed by atoms with Crippen LogP contribution < -0.4 is 56.1 Å². The van der Waals surface area contributed by atoms with Gasteiger partial charge in [-0.1, -0.05) is 0 Å². The van der Waals surface area contributed by atoms with E-state index in [1.54, 1.807) is 24.3 Å². The van der Waals surface area contributed by atoms with E-state index in [9.17, 15) is 4.21 Å².